The summed E-state index contributed by atoms with van der Waals surface area (Å²) in [5.74, 6) is 0.786. The summed E-state index contributed by atoms with van der Waals surface area (Å²) in [6, 6.07) is 7.44. The highest BCUT2D eigenvalue weighted by atomic mass is 16.6. The van der Waals surface area contributed by atoms with Crippen LogP contribution in [0.2, 0.25) is 0 Å². The Morgan fingerprint density at radius 2 is 1.90 bits per heavy atom. The van der Waals surface area contributed by atoms with Crippen molar-refractivity contribution in [2.45, 2.75) is 44.9 Å². The Hall–Kier alpha value is -1.75. The second-order valence-electron chi connectivity index (χ2n) is 6.34. The van der Waals surface area contributed by atoms with Crippen LogP contribution in [0.25, 0.3) is 0 Å². The van der Waals surface area contributed by atoms with Crippen LogP contribution < -0.4 is 10.5 Å². The molecule has 2 rings (SSSR count). The molecule has 1 fully saturated rings. The first-order valence-corrected chi connectivity index (χ1v) is 7.21. The highest BCUT2D eigenvalue weighted by Crippen LogP contribution is 2.33. The van der Waals surface area contributed by atoms with Gasteiger partial charge in [-0.15, -0.1) is 0 Å². The highest BCUT2D eigenvalue weighted by Gasteiger charge is 2.38. The summed E-state index contributed by atoms with van der Waals surface area (Å²) in [4.78, 5) is 14.1. The van der Waals surface area contributed by atoms with E-state index in [4.69, 9.17) is 15.2 Å². The van der Waals surface area contributed by atoms with E-state index in [9.17, 15) is 4.79 Å². The van der Waals surface area contributed by atoms with Crippen LogP contribution >= 0.6 is 0 Å². The van der Waals surface area contributed by atoms with Crippen LogP contribution in [0.3, 0.4) is 0 Å². The minimum absolute atomic E-state index is 0.0779. The first-order valence-electron chi connectivity index (χ1n) is 7.21. The fourth-order valence-electron chi connectivity index (χ4n) is 2.57. The Kier molecular flexibility index (Phi) is 4.42. The number of rotatable bonds is 2. The molecule has 1 saturated heterocycles. The maximum atomic E-state index is 12.3. The molecular weight excluding hydrogens is 268 g/mol. The molecule has 1 heterocycles. The van der Waals surface area contributed by atoms with Gasteiger partial charge in [-0.1, -0.05) is 12.1 Å². The van der Waals surface area contributed by atoms with Crippen LogP contribution in [0.5, 0.6) is 5.75 Å². The monoisotopic (exact) mass is 292 g/mol. The highest BCUT2D eigenvalue weighted by molar-refractivity contribution is 5.69. The van der Waals surface area contributed by atoms with Gasteiger partial charge >= 0.3 is 6.09 Å². The summed E-state index contributed by atoms with van der Waals surface area (Å²) in [7, 11) is 1.63. The summed E-state index contributed by atoms with van der Waals surface area (Å²) >= 11 is 0. The van der Waals surface area contributed by atoms with Crippen molar-refractivity contribution in [3.63, 3.8) is 0 Å². The van der Waals surface area contributed by atoms with Crippen molar-refractivity contribution in [1.82, 2.24) is 4.90 Å². The summed E-state index contributed by atoms with van der Waals surface area (Å²) in [5, 5.41) is 0. The molecule has 1 amide bonds. The minimum Gasteiger partial charge on any atom is -0.497 e. The lowest BCUT2D eigenvalue weighted by Gasteiger charge is -2.30. The van der Waals surface area contributed by atoms with Crippen LogP contribution in [-0.2, 0) is 4.74 Å². The fraction of sp³-hybridized carbons (Fsp3) is 0.562. The number of likely N-dealkylation sites (tertiary alicyclic amines) is 1. The van der Waals surface area contributed by atoms with E-state index in [0.717, 1.165) is 17.7 Å². The fourth-order valence-corrected chi connectivity index (χ4v) is 2.57. The standard InChI is InChI=1S/C16H24N2O3/c1-16(2,3)21-15(19)18-10-9-13(17)14(18)11-5-7-12(20-4)8-6-11/h5-8,13-14H,9-10,17H2,1-4H3/t13-,14-/m0/s1. The Balaban J connectivity index is 2.19. The Morgan fingerprint density at radius 1 is 1.29 bits per heavy atom. The SMILES string of the molecule is COc1ccc([C@H]2[C@@H](N)CCN2C(=O)OC(C)(C)C)cc1. The van der Waals surface area contributed by atoms with Gasteiger partial charge < -0.3 is 15.2 Å². The van der Waals surface area contributed by atoms with Gasteiger partial charge in [0.25, 0.3) is 0 Å². The largest absolute Gasteiger partial charge is 0.497 e. The van der Waals surface area contributed by atoms with Gasteiger partial charge in [-0.25, -0.2) is 4.79 Å². The van der Waals surface area contributed by atoms with Crippen molar-refractivity contribution in [2.75, 3.05) is 13.7 Å². The maximum absolute atomic E-state index is 12.3. The van der Waals surface area contributed by atoms with Crippen LogP contribution in [0.4, 0.5) is 4.79 Å². The van der Waals surface area contributed by atoms with Crippen molar-refractivity contribution in [1.29, 1.82) is 0 Å². The molecule has 1 aliphatic heterocycles. The third kappa shape index (κ3) is 3.67. The van der Waals surface area contributed by atoms with E-state index >= 15 is 0 Å². The lowest BCUT2D eigenvalue weighted by Crippen LogP contribution is -2.39. The number of nitrogens with zero attached hydrogens (tertiary/aromatic N) is 1. The molecule has 0 spiro atoms. The van der Waals surface area contributed by atoms with Gasteiger partial charge in [0.2, 0.25) is 0 Å². The van der Waals surface area contributed by atoms with Crippen molar-refractivity contribution >= 4 is 6.09 Å². The number of carbonyl (C=O) groups is 1. The molecule has 1 aromatic carbocycles. The number of amides is 1. The molecule has 2 atom stereocenters. The molecule has 1 aromatic rings. The quantitative estimate of drug-likeness (QED) is 0.910. The molecular formula is C16H24N2O3. The number of nitrogens with two attached hydrogens (primary N) is 1. The third-order valence-corrected chi connectivity index (χ3v) is 3.53. The van der Waals surface area contributed by atoms with Gasteiger partial charge in [0.15, 0.2) is 0 Å². The average Bonchev–Trinajstić information content (AvgIpc) is 2.79. The predicted octanol–water partition coefficient (Wildman–Crippen LogP) is 2.70. The van der Waals surface area contributed by atoms with Crippen LogP contribution in [0.1, 0.15) is 38.8 Å². The zero-order valence-electron chi connectivity index (χ0n) is 13.1. The van der Waals surface area contributed by atoms with Crippen molar-refractivity contribution in [2.24, 2.45) is 5.73 Å². The van der Waals surface area contributed by atoms with E-state index in [0.29, 0.717) is 6.54 Å². The van der Waals surface area contributed by atoms with E-state index in [2.05, 4.69) is 0 Å². The molecule has 0 bridgehead atoms. The first-order chi connectivity index (χ1) is 9.81. The molecule has 0 aliphatic carbocycles. The van der Waals surface area contributed by atoms with Crippen LogP contribution in [0.15, 0.2) is 24.3 Å². The first kappa shape index (κ1) is 15.6. The van der Waals surface area contributed by atoms with Gasteiger partial charge in [-0.3, -0.25) is 4.90 Å². The minimum atomic E-state index is -0.506. The van der Waals surface area contributed by atoms with Gasteiger partial charge in [-0.05, 0) is 44.9 Å². The Bertz CT molecular complexity index is 493. The predicted molar refractivity (Wildman–Crippen MR) is 81.3 cm³/mol. The average molecular weight is 292 g/mol. The maximum Gasteiger partial charge on any atom is 0.410 e. The van der Waals surface area contributed by atoms with Gasteiger partial charge in [0, 0.05) is 12.6 Å². The zero-order chi connectivity index (χ0) is 15.6. The third-order valence-electron chi connectivity index (χ3n) is 3.53. The molecule has 2 N–H and O–H groups in total. The summed E-state index contributed by atoms with van der Waals surface area (Å²) in [6.45, 7) is 6.21. The van der Waals surface area contributed by atoms with E-state index in [1.807, 2.05) is 45.0 Å². The Morgan fingerprint density at radius 3 is 2.43 bits per heavy atom. The molecule has 0 saturated carbocycles. The number of carbonyl (C=O) groups excluding carboxylic acids is 1. The topological polar surface area (TPSA) is 64.8 Å². The number of ether oxygens (including phenoxy) is 2. The number of hydrogen-bond donors (Lipinski definition) is 1. The van der Waals surface area contributed by atoms with E-state index in [1.54, 1.807) is 12.0 Å². The van der Waals surface area contributed by atoms with Crippen molar-refractivity contribution in [3.05, 3.63) is 29.8 Å². The normalized spacial score (nSPS) is 22.2. The molecule has 0 radical (unpaired) electrons. The lowest BCUT2D eigenvalue weighted by atomic mass is 10.0. The van der Waals surface area contributed by atoms with Gasteiger partial charge in [0.05, 0.1) is 13.2 Å². The molecule has 116 valence electrons. The number of benzene rings is 1. The summed E-state index contributed by atoms with van der Waals surface area (Å²) in [6.07, 6.45) is 0.465. The second-order valence-corrected chi connectivity index (χ2v) is 6.34. The molecule has 21 heavy (non-hydrogen) atoms. The second kappa shape index (κ2) is 5.93. The lowest BCUT2D eigenvalue weighted by molar-refractivity contribution is 0.0218. The Labute approximate surface area is 126 Å². The van der Waals surface area contributed by atoms with E-state index < -0.39 is 5.60 Å². The molecule has 5 nitrogen and oxygen atoms in total. The molecule has 1 aliphatic rings. The van der Waals surface area contributed by atoms with Crippen LogP contribution in [0, 0.1) is 0 Å². The van der Waals surface area contributed by atoms with Crippen molar-refractivity contribution < 1.29 is 14.3 Å². The summed E-state index contributed by atoms with van der Waals surface area (Å²) in [5.41, 5.74) is 6.69. The number of hydrogen-bond acceptors (Lipinski definition) is 4. The molecule has 0 aromatic heterocycles. The van der Waals surface area contributed by atoms with Crippen molar-refractivity contribution in [3.8, 4) is 5.75 Å². The van der Waals surface area contributed by atoms with Gasteiger partial charge in [-0.2, -0.15) is 0 Å². The molecule has 5 heteroatoms. The van der Waals surface area contributed by atoms with E-state index in [1.165, 1.54) is 0 Å². The molecule has 0 unspecified atom stereocenters. The summed E-state index contributed by atoms with van der Waals surface area (Å²) < 4.78 is 10.6. The zero-order valence-corrected chi connectivity index (χ0v) is 13.1. The number of methoxy groups -OCH3 is 1. The van der Waals surface area contributed by atoms with Gasteiger partial charge in [0.1, 0.15) is 11.4 Å². The smallest absolute Gasteiger partial charge is 0.410 e. The van der Waals surface area contributed by atoms with E-state index in [-0.39, 0.29) is 18.2 Å². The van der Waals surface area contributed by atoms with Crippen LogP contribution in [-0.4, -0.2) is 36.3 Å².